The van der Waals surface area contributed by atoms with Crippen LogP contribution in [0.4, 0.5) is 5.69 Å². The second-order valence-corrected chi connectivity index (χ2v) is 4.23. The third-order valence-corrected chi connectivity index (χ3v) is 2.85. The summed E-state index contributed by atoms with van der Waals surface area (Å²) in [5, 5.41) is 8.47. The third kappa shape index (κ3) is 5.37. The van der Waals surface area contributed by atoms with Gasteiger partial charge < -0.3 is 5.73 Å². The zero-order valence-corrected chi connectivity index (χ0v) is 10.5. The number of nitriles is 1. The molecule has 2 N–H and O–H groups in total. The van der Waals surface area contributed by atoms with Gasteiger partial charge in [0.15, 0.2) is 0 Å². The van der Waals surface area contributed by atoms with Gasteiger partial charge in [-0.25, -0.2) is 0 Å². The van der Waals surface area contributed by atoms with E-state index in [1.165, 1.54) is 5.56 Å². The molecule has 0 aliphatic carbocycles. The molecule has 0 fully saturated rings. The fourth-order valence-corrected chi connectivity index (χ4v) is 1.77. The molecular weight excluding hydrogens is 210 g/mol. The van der Waals surface area contributed by atoms with Gasteiger partial charge in [0.2, 0.25) is 0 Å². The first-order valence-corrected chi connectivity index (χ1v) is 6.20. The van der Waals surface area contributed by atoms with Gasteiger partial charge in [0, 0.05) is 18.7 Å². The minimum atomic E-state index is 0.666. The maximum absolute atomic E-state index is 8.47. The highest BCUT2D eigenvalue weighted by Gasteiger charge is 2.03. The van der Waals surface area contributed by atoms with Gasteiger partial charge in [-0.3, -0.25) is 4.90 Å². The lowest BCUT2D eigenvalue weighted by atomic mass is 10.2. The van der Waals surface area contributed by atoms with Crippen molar-refractivity contribution in [1.82, 2.24) is 4.90 Å². The van der Waals surface area contributed by atoms with E-state index in [-0.39, 0.29) is 0 Å². The summed E-state index contributed by atoms with van der Waals surface area (Å²) < 4.78 is 0. The number of anilines is 1. The zero-order chi connectivity index (χ0) is 12.5. The van der Waals surface area contributed by atoms with Gasteiger partial charge in [0.05, 0.1) is 6.07 Å². The van der Waals surface area contributed by atoms with Crippen LogP contribution in [0.5, 0.6) is 0 Å². The Bertz CT molecular complexity index is 351. The van der Waals surface area contributed by atoms with Crippen LogP contribution < -0.4 is 5.73 Å². The summed E-state index contributed by atoms with van der Waals surface area (Å²) in [6.07, 6.45) is 2.75. The average molecular weight is 231 g/mol. The Morgan fingerprint density at radius 1 is 1.24 bits per heavy atom. The summed E-state index contributed by atoms with van der Waals surface area (Å²) in [6, 6.07) is 10.2. The number of nitrogens with zero attached hydrogens (tertiary/aromatic N) is 2. The first-order chi connectivity index (χ1) is 8.26. The standard InChI is InChI=1S/C14H21N3/c1-2-17(11-5-3-4-10-15)12-13-6-8-14(16)9-7-13/h6-9H,2-5,11-12,16H2,1H3. The average Bonchev–Trinajstić information content (AvgIpc) is 2.35. The number of nitrogen functional groups attached to an aromatic ring is 1. The Hall–Kier alpha value is -1.53. The molecule has 3 heteroatoms. The Morgan fingerprint density at radius 3 is 2.53 bits per heavy atom. The van der Waals surface area contributed by atoms with Gasteiger partial charge in [-0.05, 0) is 43.6 Å². The van der Waals surface area contributed by atoms with Crippen molar-refractivity contribution < 1.29 is 0 Å². The van der Waals surface area contributed by atoms with E-state index in [1.54, 1.807) is 0 Å². The number of nitrogens with two attached hydrogens (primary N) is 1. The molecular formula is C14H21N3. The zero-order valence-electron chi connectivity index (χ0n) is 10.5. The van der Waals surface area contributed by atoms with Gasteiger partial charge >= 0.3 is 0 Å². The topological polar surface area (TPSA) is 53.0 Å². The Kier molecular flexibility index (Phi) is 6.13. The van der Waals surface area contributed by atoms with Crippen molar-refractivity contribution in [2.75, 3.05) is 18.8 Å². The maximum Gasteiger partial charge on any atom is 0.0621 e. The molecule has 0 saturated heterocycles. The summed E-state index contributed by atoms with van der Waals surface area (Å²) in [5.41, 5.74) is 7.76. The van der Waals surface area contributed by atoms with Crippen molar-refractivity contribution in [3.63, 3.8) is 0 Å². The van der Waals surface area contributed by atoms with Crippen LogP contribution in [-0.4, -0.2) is 18.0 Å². The summed E-state index contributed by atoms with van der Waals surface area (Å²) in [4.78, 5) is 2.39. The molecule has 0 amide bonds. The van der Waals surface area contributed by atoms with Crippen molar-refractivity contribution in [2.45, 2.75) is 32.7 Å². The lowest BCUT2D eigenvalue weighted by Gasteiger charge is -2.20. The highest BCUT2D eigenvalue weighted by atomic mass is 15.1. The van der Waals surface area contributed by atoms with E-state index in [4.69, 9.17) is 11.0 Å². The second-order valence-electron chi connectivity index (χ2n) is 4.23. The molecule has 0 saturated carbocycles. The van der Waals surface area contributed by atoms with Gasteiger partial charge in [-0.15, -0.1) is 0 Å². The molecule has 0 atom stereocenters. The Labute approximate surface area is 104 Å². The van der Waals surface area contributed by atoms with Crippen LogP contribution in [0.2, 0.25) is 0 Å². The minimum Gasteiger partial charge on any atom is -0.399 e. The van der Waals surface area contributed by atoms with Crippen LogP contribution in [-0.2, 0) is 6.54 Å². The molecule has 1 aromatic carbocycles. The van der Waals surface area contributed by atoms with Crippen molar-refractivity contribution in [2.24, 2.45) is 0 Å². The molecule has 0 radical (unpaired) electrons. The number of unbranched alkanes of at least 4 members (excludes halogenated alkanes) is 2. The van der Waals surface area contributed by atoms with Crippen LogP contribution in [0.15, 0.2) is 24.3 Å². The number of rotatable bonds is 7. The Morgan fingerprint density at radius 2 is 1.94 bits per heavy atom. The molecule has 0 aromatic heterocycles. The lowest BCUT2D eigenvalue weighted by Crippen LogP contribution is -2.23. The van der Waals surface area contributed by atoms with Crippen molar-refractivity contribution in [3.05, 3.63) is 29.8 Å². The second kappa shape index (κ2) is 7.70. The molecule has 3 nitrogen and oxygen atoms in total. The van der Waals surface area contributed by atoms with Crippen LogP contribution in [0, 0.1) is 11.3 Å². The minimum absolute atomic E-state index is 0.666. The molecule has 0 aliphatic rings. The molecule has 1 rings (SSSR count). The molecule has 0 aliphatic heterocycles. The van der Waals surface area contributed by atoms with E-state index in [0.717, 1.165) is 38.2 Å². The molecule has 0 spiro atoms. The molecule has 92 valence electrons. The summed E-state index contributed by atoms with van der Waals surface area (Å²) >= 11 is 0. The first-order valence-electron chi connectivity index (χ1n) is 6.20. The van der Waals surface area contributed by atoms with E-state index in [1.807, 2.05) is 12.1 Å². The van der Waals surface area contributed by atoms with E-state index >= 15 is 0 Å². The molecule has 0 bridgehead atoms. The summed E-state index contributed by atoms with van der Waals surface area (Å²) in [7, 11) is 0. The van der Waals surface area contributed by atoms with Gasteiger partial charge in [0.25, 0.3) is 0 Å². The predicted octanol–water partition coefficient (Wildman–Crippen LogP) is 2.78. The van der Waals surface area contributed by atoms with Crippen LogP contribution in [0.25, 0.3) is 0 Å². The smallest absolute Gasteiger partial charge is 0.0621 e. The highest BCUT2D eigenvalue weighted by Crippen LogP contribution is 2.09. The fraction of sp³-hybridized carbons (Fsp3) is 0.500. The highest BCUT2D eigenvalue weighted by molar-refractivity contribution is 5.39. The third-order valence-electron chi connectivity index (χ3n) is 2.85. The van der Waals surface area contributed by atoms with Gasteiger partial charge in [-0.2, -0.15) is 5.26 Å². The van der Waals surface area contributed by atoms with E-state index in [0.29, 0.717) is 6.42 Å². The maximum atomic E-state index is 8.47. The quantitative estimate of drug-likeness (QED) is 0.580. The van der Waals surface area contributed by atoms with Gasteiger partial charge in [-0.1, -0.05) is 19.1 Å². The van der Waals surface area contributed by atoms with Crippen LogP contribution in [0.1, 0.15) is 31.7 Å². The van der Waals surface area contributed by atoms with Crippen LogP contribution >= 0.6 is 0 Å². The summed E-state index contributed by atoms with van der Waals surface area (Å²) in [6.45, 7) is 5.23. The van der Waals surface area contributed by atoms with E-state index in [2.05, 4.69) is 30.0 Å². The van der Waals surface area contributed by atoms with Crippen molar-refractivity contribution >= 4 is 5.69 Å². The molecule has 17 heavy (non-hydrogen) atoms. The monoisotopic (exact) mass is 231 g/mol. The van der Waals surface area contributed by atoms with Crippen molar-refractivity contribution in [1.29, 1.82) is 5.26 Å². The number of hydrogen-bond donors (Lipinski definition) is 1. The number of benzene rings is 1. The largest absolute Gasteiger partial charge is 0.399 e. The van der Waals surface area contributed by atoms with E-state index in [9.17, 15) is 0 Å². The molecule has 1 aromatic rings. The Balaban J connectivity index is 2.36. The first kappa shape index (κ1) is 13.5. The van der Waals surface area contributed by atoms with Gasteiger partial charge in [0.1, 0.15) is 0 Å². The lowest BCUT2D eigenvalue weighted by molar-refractivity contribution is 0.274. The predicted molar refractivity (Wildman–Crippen MR) is 71.3 cm³/mol. The summed E-state index contributed by atoms with van der Waals surface area (Å²) in [5.74, 6) is 0. The van der Waals surface area contributed by atoms with E-state index < -0.39 is 0 Å². The van der Waals surface area contributed by atoms with Crippen LogP contribution in [0.3, 0.4) is 0 Å². The normalized spacial score (nSPS) is 10.4. The molecule has 0 unspecified atom stereocenters. The molecule has 0 heterocycles. The van der Waals surface area contributed by atoms with Crippen molar-refractivity contribution in [3.8, 4) is 6.07 Å². The fourth-order valence-electron chi connectivity index (χ4n) is 1.77. The number of hydrogen-bond acceptors (Lipinski definition) is 3. The SMILES string of the molecule is CCN(CCCCC#N)Cc1ccc(N)cc1.